The van der Waals surface area contributed by atoms with Crippen molar-refractivity contribution in [1.29, 1.82) is 0 Å². The highest BCUT2D eigenvalue weighted by molar-refractivity contribution is 5.80. The van der Waals surface area contributed by atoms with Crippen LogP contribution in [0.5, 0.6) is 0 Å². The highest BCUT2D eigenvalue weighted by atomic mass is 19.4. The lowest BCUT2D eigenvalue weighted by Crippen LogP contribution is -2.28. The molecule has 0 radical (unpaired) electrons. The zero-order valence-corrected chi connectivity index (χ0v) is 14.1. The fourth-order valence-corrected chi connectivity index (χ4v) is 2.35. The fourth-order valence-electron chi connectivity index (χ4n) is 2.35. The third-order valence-electron chi connectivity index (χ3n) is 3.55. The molecule has 0 bridgehead atoms. The molecule has 15 heteroatoms. The molecule has 0 atom stereocenters. The summed E-state index contributed by atoms with van der Waals surface area (Å²) >= 11 is 0. The molecule has 1 aromatic carbocycles. The minimum atomic E-state index is -5.17. The van der Waals surface area contributed by atoms with Gasteiger partial charge >= 0.3 is 23.7 Å². The van der Waals surface area contributed by atoms with Gasteiger partial charge in [-0.3, -0.25) is 20.2 Å². The maximum atomic E-state index is 13.0. The Labute approximate surface area is 156 Å². The van der Waals surface area contributed by atoms with Crippen LogP contribution < -0.4 is 10.9 Å². The van der Waals surface area contributed by atoms with Gasteiger partial charge < -0.3 is 0 Å². The van der Waals surface area contributed by atoms with Crippen LogP contribution >= 0.6 is 0 Å². The Morgan fingerprint density at radius 3 is 1.69 bits per heavy atom. The molecule has 1 heterocycles. The lowest BCUT2D eigenvalue weighted by atomic mass is 10.1. The van der Waals surface area contributed by atoms with Crippen LogP contribution in [0.4, 0.5) is 49.2 Å². The van der Waals surface area contributed by atoms with Crippen molar-refractivity contribution in [2.24, 2.45) is 5.84 Å². The largest absolute Gasteiger partial charge is 0.416 e. The summed E-state index contributed by atoms with van der Waals surface area (Å²) in [5.41, 5.74) is -7.27. The van der Waals surface area contributed by atoms with Crippen molar-refractivity contribution >= 4 is 22.9 Å². The first-order chi connectivity index (χ1) is 13.1. The molecule has 0 unspecified atom stereocenters. The first-order valence-corrected chi connectivity index (χ1v) is 7.27. The van der Waals surface area contributed by atoms with E-state index >= 15 is 0 Å². The Bertz CT molecular complexity index is 956. The van der Waals surface area contributed by atoms with Crippen molar-refractivity contribution in [3.05, 3.63) is 61.3 Å². The van der Waals surface area contributed by atoms with Crippen molar-refractivity contribution < 1.29 is 36.2 Å². The zero-order valence-electron chi connectivity index (χ0n) is 14.1. The van der Waals surface area contributed by atoms with Gasteiger partial charge in [0.15, 0.2) is 0 Å². The van der Waals surface area contributed by atoms with Crippen molar-refractivity contribution in [1.82, 2.24) is 4.98 Å². The van der Waals surface area contributed by atoms with Gasteiger partial charge in [-0.1, -0.05) is 0 Å². The van der Waals surface area contributed by atoms with Crippen molar-refractivity contribution in [3.63, 3.8) is 0 Å². The van der Waals surface area contributed by atoms with Gasteiger partial charge in [0.1, 0.15) is 5.82 Å². The molecule has 0 saturated heterocycles. The maximum absolute atomic E-state index is 13.0. The number of alkyl halides is 6. The van der Waals surface area contributed by atoms with Gasteiger partial charge in [0.05, 0.1) is 21.0 Å². The second-order valence-corrected chi connectivity index (χ2v) is 5.60. The Morgan fingerprint density at radius 1 is 0.897 bits per heavy atom. The van der Waals surface area contributed by atoms with E-state index in [4.69, 9.17) is 5.84 Å². The number of nitro groups is 2. The number of nitrogens with zero attached hydrogens (tertiary/aromatic N) is 4. The summed E-state index contributed by atoms with van der Waals surface area (Å²) in [6.45, 7) is 1.13. The summed E-state index contributed by atoms with van der Waals surface area (Å²) in [6.07, 6.45) is -10.0. The summed E-state index contributed by atoms with van der Waals surface area (Å²) < 4.78 is 77.8. The topological polar surface area (TPSA) is 128 Å². The quantitative estimate of drug-likeness (QED) is 0.335. The number of hydrogen-bond acceptors (Lipinski definition) is 7. The van der Waals surface area contributed by atoms with Gasteiger partial charge in [-0.05, 0) is 19.1 Å². The van der Waals surface area contributed by atoms with Crippen LogP contribution in [0.25, 0.3) is 0 Å². The smallest absolute Gasteiger partial charge is 0.258 e. The van der Waals surface area contributed by atoms with Gasteiger partial charge in [-0.2, -0.15) is 26.3 Å². The lowest BCUT2D eigenvalue weighted by molar-refractivity contribution is -0.393. The average Bonchev–Trinajstić information content (AvgIpc) is 2.57. The fraction of sp³-hybridized carbons (Fsp3) is 0.214. The molecule has 2 N–H and O–H groups in total. The molecular formula is C14H9F6N5O4. The number of benzene rings is 1. The molecule has 156 valence electrons. The third kappa shape index (κ3) is 4.50. The third-order valence-corrected chi connectivity index (χ3v) is 3.55. The molecule has 0 spiro atoms. The van der Waals surface area contributed by atoms with Crippen LogP contribution in [0.2, 0.25) is 0 Å². The number of nitro benzene ring substituents is 2. The molecule has 0 aliphatic carbocycles. The van der Waals surface area contributed by atoms with E-state index in [1.807, 2.05) is 0 Å². The molecule has 9 nitrogen and oxygen atoms in total. The Morgan fingerprint density at radius 2 is 1.31 bits per heavy atom. The predicted molar refractivity (Wildman–Crippen MR) is 85.1 cm³/mol. The summed E-state index contributed by atoms with van der Waals surface area (Å²) in [5, 5.41) is 22.5. The molecule has 0 aliphatic rings. The Balaban J connectivity index is 2.81. The van der Waals surface area contributed by atoms with E-state index in [1.54, 1.807) is 0 Å². The van der Waals surface area contributed by atoms with Crippen molar-refractivity contribution in [3.8, 4) is 0 Å². The van der Waals surface area contributed by atoms with Crippen LogP contribution in [-0.4, -0.2) is 14.8 Å². The number of nitrogens with two attached hydrogens (primary N) is 1. The molecule has 0 aliphatic heterocycles. The monoisotopic (exact) mass is 425 g/mol. The van der Waals surface area contributed by atoms with Gasteiger partial charge in [-0.15, -0.1) is 0 Å². The van der Waals surface area contributed by atoms with Crippen LogP contribution in [0.3, 0.4) is 0 Å². The highest BCUT2D eigenvalue weighted by Gasteiger charge is 2.40. The van der Waals surface area contributed by atoms with E-state index in [1.165, 1.54) is 0 Å². The van der Waals surface area contributed by atoms with E-state index in [9.17, 15) is 46.6 Å². The number of hydrogen-bond donors (Lipinski definition) is 1. The van der Waals surface area contributed by atoms with Gasteiger partial charge in [0, 0.05) is 17.8 Å². The van der Waals surface area contributed by atoms with Crippen LogP contribution in [-0.2, 0) is 12.4 Å². The highest BCUT2D eigenvalue weighted by Crippen LogP contribution is 2.44. The summed E-state index contributed by atoms with van der Waals surface area (Å²) in [4.78, 5) is 23.4. The second kappa shape index (κ2) is 7.16. The summed E-state index contributed by atoms with van der Waals surface area (Å²) in [6, 6.07) is 0.941. The van der Waals surface area contributed by atoms with Gasteiger partial charge in [0.2, 0.25) is 5.69 Å². The zero-order chi connectivity index (χ0) is 22.3. The van der Waals surface area contributed by atoms with Crippen LogP contribution in [0.1, 0.15) is 16.8 Å². The average molecular weight is 425 g/mol. The van der Waals surface area contributed by atoms with E-state index in [0.29, 0.717) is 12.1 Å². The molecule has 2 aromatic rings. The van der Waals surface area contributed by atoms with E-state index < -0.39 is 56.2 Å². The molecule has 2 rings (SSSR count). The van der Waals surface area contributed by atoms with E-state index in [-0.39, 0.29) is 22.8 Å². The number of aromatic nitrogens is 1. The predicted octanol–water partition coefficient (Wildman–Crippen LogP) is 4.26. The SMILES string of the molecule is Cc1cc(C(F)(F)F)cc(N(N)c2c([N+](=O)[O-])cc(C(F)(F)F)cc2[N+](=O)[O-])n1. The minimum Gasteiger partial charge on any atom is -0.258 e. The molecule has 1 aromatic heterocycles. The van der Waals surface area contributed by atoms with Gasteiger partial charge in [-0.25, -0.2) is 15.8 Å². The van der Waals surface area contributed by atoms with Crippen molar-refractivity contribution in [2.45, 2.75) is 19.3 Å². The van der Waals surface area contributed by atoms with Crippen LogP contribution in [0.15, 0.2) is 24.3 Å². The molecule has 0 saturated carbocycles. The number of aryl methyl sites for hydroxylation is 1. The molecule has 0 fully saturated rings. The lowest BCUT2D eigenvalue weighted by Gasteiger charge is -2.20. The number of pyridine rings is 1. The van der Waals surface area contributed by atoms with Crippen LogP contribution in [0, 0.1) is 27.2 Å². The molecule has 0 amide bonds. The summed E-state index contributed by atoms with van der Waals surface area (Å²) in [5.74, 6) is 4.74. The number of halogens is 6. The normalized spacial score (nSPS) is 12.0. The maximum Gasteiger partial charge on any atom is 0.416 e. The van der Waals surface area contributed by atoms with E-state index in [0.717, 1.165) is 6.92 Å². The number of rotatable bonds is 4. The first-order valence-electron chi connectivity index (χ1n) is 7.27. The molecular weight excluding hydrogens is 416 g/mol. The number of anilines is 2. The Kier molecular flexibility index (Phi) is 5.38. The minimum absolute atomic E-state index is 0.0112. The van der Waals surface area contributed by atoms with E-state index in [2.05, 4.69) is 4.98 Å². The molecule has 29 heavy (non-hydrogen) atoms. The first kappa shape index (κ1) is 21.8. The van der Waals surface area contributed by atoms with Crippen molar-refractivity contribution in [2.75, 3.05) is 5.01 Å². The second-order valence-electron chi connectivity index (χ2n) is 5.60. The number of hydrazine groups is 1. The standard InChI is InChI=1S/C14H9F6N5O4/c1-6-2-7(13(15,16)17)5-11(22-6)23(21)12-9(24(26)27)3-8(14(18,19)20)4-10(12)25(28)29/h2-5H,21H2,1H3. The van der Waals surface area contributed by atoms with Gasteiger partial charge in [0.25, 0.3) is 0 Å². The summed E-state index contributed by atoms with van der Waals surface area (Å²) in [7, 11) is 0. The Hall–Kier alpha value is -3.49.